The number of ketones is 1. The van der Waals surface area contributed by atoms with Crippen molar-refractivity contribution >= 4 is 40.8 Å². The second-order valence-corrected chi connectivity index (χ2v) is 6.84. The van der Waals surface area contributed by atoms with Crippen molar-refractivity contribution in [3.8, 4) is 11.1 Å². The maximum atomic E-state index is 12.6. The van der Waals surface area contributed by atoms with Crippen LogP contribution in [0.4, 0.5) is 16.2 Å². The fourth-order valence-electron chi connectivity index (χ4n) is 2.77. The second-order valence-electron chi connectivity index (χ2n) is 6.43. The third kappa shape index (κ3) is 5.18. The number of carbonyl (C=O) groups is 3. The highest BCUT2D eigenvalue weighted by Crippen LogP contribution is 2.29. The monoisotopic (exact) mass is 424 g/mol. The highest BCUT2D eigenvalue weighted by molar-refractivity contribution is 6.32. The van der Waals surface area contributed by atoms with Gasteiger partial charge in [-0.2, -0.15) is 0 Å². The Morgan fingerprint density at radius 2 is 1.70 bits per heavy atom. The van der Waals surface area contributed by atoms with E-state index in [1.807, 2.05) is 6.07 Å². The Labute approximate surface area is 176 Å². The van der Waals surface area contributed by atoms with Gasteiger partial charge in [-0.25, -0.2) is 14.8 Å². The first-order valence-electron chi connectivity index (χ1n) is 8.82. The zero-order valence-corrected chi connectivity index (χ0v) is 16.6. The molecule has 9 heteroatoms. The van der Waals surface area contributed by atoms with E-state index in [9.17, 15) is 14.4 Å². The summed E-state index contributed by atoms with van der Waals surface area (Å²) in [5, 5.41) is 14.1. The number of carboxylic acid groups (broad SMARTS) is 1. The van der Waals surface area contributed by atoms with Gasteiger partial charge >= 0.3 is 6.09 Å². The largest absolute Gasteiger partial charge is 0.465 e. The molecule has 0 aliphatic heterocycles. The number of anilines is 2. The van der Waals surface area contributed by atoms with Crippen molar-refractivity contribution in [2.45, 2.75) is 13.3 Å². The Morgan fingerprint density at radius 1 is 1.00 bits per heavy atom. The van der Waals surface area contributed by atoms with E-state index in [1.54, 1.807) is 37.5 Å². The SMILES string of the molecule is Cc1cc(NC(=O)O)c(NC(=O)CC(=O)c2cccc(-c3cncnc3)c2)cc1Cl. The predicted molar refractivity (Wildman–Crippen MR) is 113 cm³/mol. The Bertz CT molecular complexity index is 1120. The van der Waals surface area contributed by atoms with Crippen molar-refractivity contribution in [1.29, 1.82) is 0 Å². The zero-order chi connectivity index (χ0) is 21.7. The van der Waals surface area contributed by atoms with Crippen molar-refractivity contribution < 1.29 is 19.5 Å². The summed E-state index contributed by atoms with van der Waals surface area (Å²) in [5.41, 5.74) is 2.82. The average molecular weight is 425 g/mol. The number of nitrogens with zero attached hydrogens (tertiary/aromatic N) is 2. The number of hydrogen-bond acceptors (Lipinski definition) is 5. The number of aryl methyl sites for hydroxylation is 1. The zero-order valence-electron chi connectivity index (χ0n) is 15.8. The predicted octanol–water partition coefficient (Wildman–Crippen LogP) is 4.41. The molecule has 0 aliphatic rings. The smallest absolute Gasteiger partial charge is 0.409 e. The summed E-state index contributed by atoms with van der Waals surface area (Å²) in [7, 11) is 0. The molecule has 2 aromatic carbocycles. The van der Waals surface area contributed by atoms with Crippen LogP contribution in [-0.4, -0.2) is 32.9 Å². The summed E-state index contributed by atoms with van der Waals surface area (Å²) >= 11 is 6.08. The van der Waals surface area contributed by atoms with E-state index < -0.39 is 24.2 Å². The van der Waals surface area contributed by atoms with Gasteiger partial charge in [0, 0.05) is 28.5 Å². The van der Waals surface area contributed by atoms with Gasteiger partial charge in [-0.1, -0.05) is 29.8 Å². The molecule has 0 spiro atoms. The van der Waals surface area contributed by atoms with Crippen molar-refractivity contribution in [3.05, 3.63) is 71.3 Å². The molecule has 3 aromatic rings. The molecule has 2 amide bonds. The normalized spacial score (nSPS) is 10.3. The third-order valence-corrected chi connectivity index (χ3v) is 4.62. The Hall–Kier alpha value is -3.78. The molecule has 1 heterocycles. The minimum atomic E-state index is -1.29. The van der Waals surface area contributed by atoms with Crippen LogP contribution in [0.5, 0.6) is 0 Å². The molecule has 1 aromatic heterocycles. The van der Waals surface area contributed by atoms with Crippen LogP contribution in [0.1, 0.15) is 22.3 Å². The number of aromatic nitrogens is 2. The maximum absolute atomic E-state index is 12.6. The number of benzene rings is 2. The molecular formula is C21H17ClN4O4. The van der Waals surface area contributed by atoms with Gasteiger partial charge in [0.2, 0.25) is 5.91 Å². The molecule has 0 unspecified atom stereocenters. The maximum Gasteiger partial charge on any atom is 0.409 e. The molecule has 0 saturated heterocycles. The number of carbonyl (C=O) groups excluding carboxylic acids is 2. The van der Waals surface area contributed by atoms with E-state index >= 15 is 0 Å². The molecule has 30 heavy (non-hydrogen) atoms. The number of Topliss-reactive ketones (excluding diaryl/α,β-unsaturated/α-hetero) is 1. The average Bonchev–Trinajstić information content (AvgIpc) is 2.72. The number of nitrogens with one attached hydrogen (secondary N) is 2. The molecule has 3 N–H and O–H groups in total. The molecule has 152 valence electrons. The van der Waals surface area contributed by atoms with E-state index in [2.05, 4.69) is 20.6 Å². The molecule has 0 saturated carbocycles. The van der Waals surface area contributed by atoms with E-state index in [-0.39, 0.29) is 11.4 Å². The number of hydrogen-bond donors (Lipinski definition) is 3. The summed E-state index contributed by atoms with van der Waals surface area (Å²) in [4.78, 5) is 43.9. The van der Waals surface area contributed by atoms with Crippen LogP contribution in [0.3, 0.4) is 0 Å². The van der Waals surface area contributed by atoms with Crippen LogP contribution in [0.15, 0.2) is 55.1 Å². The van der Waals surface area contributed by atoms with Crippen LogP contribution >= 0.6 is 11.6 Å². The summed E-state index contributed by atoms with van der Waals surface area (Å²) in [6.45, 7) is 1.70. The molecule has 0 fully saturated rings. The number of halogens is 1. The fourth-order valence-corrected chi connectivity index (χ4v) is 2.93. The molecule has 0 aliphatic carbocycles. The van der Waals surface area contributed by atoms with Crippen molar-refractivity contribution in [1.82, 2.24) is 9.97 Å². The second kappa shape index (κ2) is 9.15. The molecule has 3 rings (SSSR count). The van der Waals surface area contributed by atoms with Gasteiger partial charge in [-0.3, -0.25) is 14.9 Å². The summed E-state index contributed by atoms with van der Waals surface area (Å²) < 4.78 is 0. The van der Waals surface area contributed by atoms with E-state index in [4.69, 9.17) is 16.7 Å². The summed E-state index contributed by atoms with van der Waals surface area (Å²) in [5.74, 6) is -0.987. The van der Waals surface area contributed by atoms with Crippen LogP contribution in [-0.2, 0) is 4.79 Å². The minimum Gasteiger partial charge on any atom is -0.465 e. The van der Waals surface area contributed by atoms with Gasteiger partial charge in [-0.15, -0.1) is 0 Å². The van der Waals surface area contributed by atoms with Crippen molar-refractivity contribution in [3.63, 3.8) is 0 Å². The first-order chi connectivity index (χ1) is 14.3. The first kappa shape index (κ1) is 20.9. The standard InChI is InChI=1S/C21H17ClN4O4/c1-12-5-17(26-21(29)30)18(7-16(12)22)25-20(28)8-19(27)14-4-2-3-13(6-14)15-9-23-11-24-10-15/h2-7,9-11,26H,8H2,1H3,(H,25,28)(H,29,30). The Morgan fingerprint density at radius 3 is 2.40 bits per heavy atom. The van der Waals surface area contributed by atoms with Gasteiger partial charge in [-0.05, 0) is 36.2 Å². The number of rotatable bonds is 6. The van der Waals surface area contributed by atoms with Crippen LogP contribution in [0, 0.1) is 6.92 Å². The van der Waals surface area contributed by atoms with Crippen LogP contribution < -0.4 is 10.6 Å². The molecule has 8 nitrogen and oxygen atoms in total. The van der Waals surface area contributed by atoms with Gasteiger partial charge < -0.3 is 10.4 Å². The van der Waals surface area contributed by atoms with Gasteiger partial charge in [0.05, 0.1) is 17.8 Å². The van der Waals surface area contributed by atoms with Crippen LogP contribution in [0.2, 0.25) is 5.02 Å². The van der Waals surface area contributed by atoms with Gasteiger partial charge in [0.15, 0.2) is 5.78 Å². The number of amides is 2. The summed E-state index contributed by atoms with van der Waals surface area (Å²) in [6.07, 6.45) is 2.95. The van der Waals surface area contributed by atoms with Gasteiger partial charge in [0.1, 0.15) is 6.33 Å². The lowest BCUT2D eigenvalue weighted by Gasteiger charge is -2.13. The quantitative estimate of drug-likeness (QED) is 0.398. The summed E-state index contributed by atoms with van der Waals surface area (Å²) in [6, 6.07) is 9.73. The van der Waals surface area contributed by atoms with Crippen molar-refractivity contribution in [2.75, 3.05) is 10.6 Å². The molecule has 0 atom stereocenters. The first-order valence-corrected chi connectivity index (χ1v) is 9.20. The third-order valence-electron chi connectivity index (χ3n) is 4.21. The van der Waals surface area contributed by atoms with Gasteiger partial charge in [0.25, 0.3) is 0 Å². The highest BCUT2D eigenvalue weighted by atomic mass is 35.5. The van der Waals surface area contributed by atoms with Crippen molar-refractivity contribution in [2.24, 2.45) is 0 Å². The highest BCUT2D eigenvalue weighted by Gasteiger charge is 2.16. The van der Waals surface area contributed by atoms with E-state index in [0.717, 1.165) is 11.1 Å². The Kier molecular flexibility index (Phi) is 6.38. The molecular weight excluding hydrogens is 408 g/mol. The molecule has 0 radical (unpaired) electrons. The van der Waals surface area contributed by atoms with E-state index in [0.29, 0.717) is 16.1 Å². The lowest BCUT2D eigenvalue weighted by Crippen LogP contribution is -2.18. The fraction of sp³-hybridized carbons (Fsp3) is 0.0952. The minimum absolute atomic E-state index is 0.163. The molecule has 0 bridgehead atoms. The topological polar surface area (TPSA) is 121 Å². The lowest BCUT2D eigenvalue weighted by molar-refractivity contribution is -0.115. The van der Waals surface area contributed by atoms with Crippen LogP contribution in [0.25, 0.3) is 11.1 Å². The Balaban J connectivity index is 1.75. The lowest BCUT2D eigenvalue weighted by atomic mass is 10.0. The van der Waals surface area contributed by atoms with E-state index in [1.165, 1.54) is 18.5 Å².